The average molecular weight is 580 g/mol. The molecule has 8 nitrogen and oxygen atoms in total. The van der Waals surface area contributed by atoms with Crippen molar-refractivity contribution in [1.82, 2.24) is 10.2 Å². The summed E-state index contributed by atoms with van der Waals surface area (Å²) in [4.78, 5) is 29.1. The topological polar surface area (TPSA) is 96.0 Å². The normalized spacial score (nSPS) is 12.7. The summed E-state index contributed by atoms with van der Waals surface area (Å²) in [6.45, 7) is 9.14. The largest absolute Gasteiger partial charge is 0.497 e. The molecule has 220 valence electrons. The first-order valence-corrected chi connectivity index (χ1v) is 15.3. The van der Waals surface area contributed by atoms with E-state index in [1.165, 1.54) is 17.0 Å². The van der Waals surface area contributed by atoms with Gasteiger partial charge in [0.05, 0.1) is 17.7 Å². The number of hydrogen-bond acceptors (Lipinski definition) is 5. The molecule has 0 unspecified atom stereocenters. The van der Waals surface area contributed by atoms with E-state index in [-0.39, 0.29) is 23.4 Å². The predicted octanol–water partition coefficient (Wildman–Crippen LogP) is 5.23. The van der Waals surface area contributed by atoms with Crippen molar-refractivity contribution in [3.63, 3.8) is 0 Å². The second kappa shape index (κ2) is 14.2. The summed E-state index contributed by atoms with van der Waals surface area (Å²) in [5.41, 5.74) is 2.90. The number of carbonyl (C=O) groups is 2. The number of carbonyl (C=O) groups excluding carboxylic acids is 2. The first kappa shape index (κ1) is 31.7. The summed E-state index contributed by atoms with van der Waals surface area (Å²) in [6, 6.07) is 19.9. The van der Waals surface area contributed by atoms with Crippen molar-refractivity contribution in [3.8, 4) is 5.75 Å². The van der Waals surface area contributed by atoms with Crippen LogP contribution in [0, 0.1) is 13.8 Å². The number of ether oxygens (including phenoxy) is 1. The molecular formula is C32H41N3O5S. The number of aryl methyl sites for hydroxylation is 2. The molecule has 0 aliphatic rings. The average Bonchev–Trinajstić information content (AvgIpc) is 2.96. The Bertz CT molecular complexity index is 1430. The molecule has 0 aromatic heterocycles. The van der Waals surface area contributed by atoms with E-state index in [4.69, 9.17) is 4.74 Å². The number of nitrogens with zero attached hydrogens (tertiary/aromatic N) is 2. The van der Waals surface area contributed by atoms with Gasteiger partial charge in [-0.15, -0.1) is 0 Å². The molecule has 3 rings (SSSR count). The van der Waals surface area contributed by atoms with Gasteiger partial charge in [-0.05, 0) is 75.1 Å². The number of hydrogen-bond donors (Lipinski definition) is 1. The number of anilines is 1. The first-order valence-electron chi connectivity index (χ1n) is 13.9. The van der Waals surface area contributed by atoms with Gasteiger partial charge in [0.2, 0.25) is 11.8 Å². The van der Waals surface area contributed by atoms with Crippen LogP contribution in [0.1, 0.15) is 50.3 Å². The van der Waals surface area contributed by atoms with Crippen LogP contribution in [0.4, 0.5) is 5.69 Å². The standard InChI is InChI=1S/C32H41N3O5S/c1-7-25(5)33-32(37)29(8-2)34(21-26-15-17-27(40-6)18-16-26)31(36)22-35(30-19-14-23(3)20-24(30)4)41(38,39)28-12-10-9-11-13-28/h9-20,25,29H,7-8,21-22H2,1-6H3,(H,33,37)/t25-,29+/m0/s1. The molecule has 0 aliphatic carbocycles. The third-order valence-electron chi connectivity index (χ3n) is 7.13. The molecule has 41 heavy (non-hydrogen) atoms. The number of amides is 2. The van der Waals surface area contributed by atoms with Gasteiger partial charge in [0.1, 0.15) is 18.3 Å². The maximum atomic E-state index is 14.2. The lowest BCUT2D eigenvalue weighted by Crippen LogP contribution is -2.53. The van der Waals surface area contributed by atoms with Crippen LogP contribution in [0.15, 0.2) is 77.7 Å². The van der Waals surface area contributed by atoms with E-state index in [2.05, 4.69) is 5.32 Å². The van der Waals surface area contributed by atoms with Gasteiger partial charge in [0, 0.05) is 12.6 Å². The second-order valence-corrected chi connectivity index (χ2v) is 12.1. The Balaban J connectivity index is 2.07. The van der Waals surface area contributed by atoms with Crippen molar-refractivity contribution in [2.24, 2.45) is 0 Å². The lowest BCUT2D eigenvalue weighted by molar-refractivity contribution is -0.140. The van der Waals surface area contributed by atoms with Crippen LogP contribution in [0.5, 0.6) is 5.75 Å². The summed E-state index contributed by atoms with van der Waals surface area (Å²) in [5.74, 6) is -0.0812. The quantitative estimate of drug-likeness (QED) is 0.299. The van der Waals surface area contributed by atoms with E-state index in [9.17, 15) is 18.0 Å². The Morgan fingerprint density at radius 1 is 0.927 bits per heavy atom. The van der Waals surface area contributed by atoms with E-state index in [1.807, 2.05) is 58.9 Å². The highest BCUT2D eigenvalue weighted by Gasteiger charge is 2.34. The van der Waals surface area contributed by atoms with E-state index in [0.717, 1.165) is 27.4 Å². The van der Waals surface area contributed by atoms with Crippen LogP contribution in [0.3, 0.4) is 0 Å². The molecule has 0 saturated heterocycles. The molecule has 0 aliphatic heterocycles. The predicted molar refractivity (Wildman–Crippen MR) is 162 cm³/mol. The van der Waals surface area contributed by atoms with Crippen LogP contribution in [-0.2, 0) is 26.2 Å². The van der Waals surface area contributed by atoms with Gasteiger partial charge >= 0.3 is 0 Å². The Labute approximate surface area is 244 Å². The number of nitrogens with one attached hydrogen (secondary N) is 1. The molecule has 0 spiro atoms. The Hall–Kier alpha value is -3.85. The fraction of sp³-hybridized carbons (Fsp3) is 0.375. The first-order chi connectivity index (χ1) is 19.5. The third-order valence-corrected chi connectivity index (χ3v) is 8.90. The van der Waals surface area contributed by atoms with E-state index < -0.39 is 28.5 Å². The molecular weight excluding hydrogens is 538 g/mol. The minimum Gasteiger partial charge on any atom is -0.497 e. The lowest BCUT2D eigenvalue weighted by Gasteiger charge is -2.34. The zero-order valence-electron chi connectivity index (χ0n) is 24.8. The van der Waals surface area contributed by atoms with Gasteiger partial charge < -0.3 is 15.0 Å². The van der Waals surface area contributed by atoms with Gasteiger partial charge in [0.15, 0.2) is 0 Å². The summed E-state index contributed by atoms with van der Waals surface area (Å²) in [7, 11) is -2.53. The van der Waals surface area contributed by atoms with Crippen molar-refractivity contribution in [1.29, 1.82) is 0 Å². The zero-order chi connectivity index (χ0) is 30.2. The van der Waals surface area contributed by atoms with Crippen molar-refractivity contribution in [3.05, 3.63) is 89.5 Å². The highest BCUT2D eigenvalue weighted by atomic mass is 32.2. The number of benzene rings is 3. The second-order valence-electron chi connectivity index (χ2n) is 10.2. The van der Waals surface area contributed by atoms with Crippen LogP contribution >= 0.6 is 0 Å². The SMILES string of the molecule is CC[C@H](C(=O)N[C@@H](C)CC)N(Cc1ccc(OC)cc1)C(=O)CN(c1ccc(C)cc1C)S(=O)(=O)c1ccccc1. The molecule has 0 heterocycles. The molecule has 3 aromatic carbocycles. The van der Waals surface area contributed by atoms with Crippen LogP contribution in [-0.4, -0.2) is 50.9 Å². The van der Waals surface area contributed by atoms with Gasteiger partial charge in [0.25, 0.3) is 10.0 Å². The minimum absolute atomic E-state index is 0.0698. The molecule has 0 saturated carbocycles. The molecule has 2 amide bonds. The fourth-order valence-electron chi connectivity index (χ4n) is 4.61. The summed E-state index contributed by atoms with van der Waals surface area (Å²) < 4.78 is 34.4. The molecule has 0 radical (unpaired) electrons. The maximum Gasteiger partial charge on any atom is 0.264 e. The maximum absolute atomic E-state index is 14.2. The van der Waals surface area contributed by atoms with Crippen LogP contribution in [0.2, 0.25) is 0 Å². The summed E-state index contributed by atoms with van der Waals surface area (Å²) >= 11 is 0. The van der Waals surface area contributed by atoms with Gasteiger partial charge in [-0.2, -0.15) is 0 Å². The summed E-state index contributed by atoms with van der Waals surface area (Å²) in [5, 5.41) is 2.99. The van der Waals surface area contributed by atoms with E-state index in [1.54, 1.807) is 43.5 Å². The van der Waals surface area contributed by atoms with Crippen LogP contribution in [0.25, 0.3) is 0 Å². The fourth-order valence-corrected chi connectivity index (χ4v) is 6.11. The third kappa shape index (κ3) is 7.88. The Morgan fingerprint density at radius 2 is 1.59 bits per heavy atom. The molecule has 1 N–H and O–H groups in total. The number of methoxy groups -OCH3 is 1. The van der Waals surface area contributed by atoms with Crippen molar-refractivity contribution in [2.45, 2.75) is 71.0 Å². The highest BCUT2D eigenvalue weighted by molar-refractivity contribution is 7.92. The molecule has 0 bridgehead atoms. The van der Waals surface area contributed by atoms with Gasteiger partial charge in [-0.3, -0.25) is 13.9 Å². The lowest BCUT2D eigenvalue weighted by atomic mass is 10.1. The smallest absolute Gasteiger partial charge is 0.264 e. The van der Waals surface area contributed by atoms with Gasteiger partial charge in [-0.25, -0.2) is 8.42 Å². The molecule has 9 heteroatoms. The Morgan fingerprint density at radius 3 is 2.15 bits per heavy atom. The van der Waals surface area contributed by atoms with Gasteiger partial charge in [-0.1, -0.05) is 61.9 Å². The molecule has 3 aromatic rings. The molecule has 0 fully saturated rings. The zero-order valence-corrected chi connectivity index (χ0v) is 25.6. The van der Waals surface area contributed by atoms with Crippen molar-refractivity contribution < 1.29 is 22.7 Å². The van der Waals surface area contributed by atoms with Crippen molar-refractivity contribution >= 4 is 27.5 Å². The number of rotatable bonds is 13. The highest BCUT2D eigenvalue weighted by Crippen LogP contribution is 2.28. The monoisotopic (exact) mass is 579 g/mol. The number of sulfonamides is 1. The summed E-state index contributed by atoms with van der Waals surface area (Å²) in [6.07, 6.45) is 1.10. The Kier molecular flexibility index (Phi) is 10.9. The molecule has 2 atom stereocenters. The minimum atomic E-state index is -4.11. The van der Waals surface area contributed by atoms with E-state index >= 15 is 0 Å². The van der Waals surface area contributed by atoms with Crippen LogP contribution < -0.4 is 14.4 Å². The van der Waals surface area contributed by atoms with Crippen molar-refractivity contribution in [2.75, 3.05) is 18.0 Å². The van der Waals surface area contributed by atoms with E-state index in [0.29, 0.717) is 17.9 Å².